The predicted molar refractivity (Wildman–Crippen MR) is 107 cm³/mol. The number of aromatic nitrogens is 2. The molecule has 0 radical (unpaired) electrons. The van der Waals surface area contributed by atoms with Gasteiger partial charge in [-0.05, 0) is 55.3 Å². The van der Waals surface area contributed by atoms with E-state index in [1.54, 1.807) is 24.4 Å². The van der Waals surface area contributed by atoms with Crippen molar-refractivity contribution in [1.29, 1.82) is 0 Å². The molecule has 0 fully saturated rings. The molecule has 0 spiro atoms. The number of hydrogen-bond donors (Lipinski definition) is 2. The second kappa shape index (κ2) is 8.80. The number of nitrogens with zero attached hydrogens (tertiary/aromatic N) is 2. The molecule has 0 aliphatic carbocycles. The summed E-state index contributed by atoms with van der Waals surface area (Å²) in [5, 5.41) is 6.01. The van der Waals surface area contributed by atoms with Crippen LogP contribution in [0.5, 0.6) is 5.75 Å². The van der Waals surface area contributed by atoms with Crippen LogP contribution in [0.3, 0.4) is 0 Å². The van der Waals surface area contributed by atoms with Gasteiger partial charge in [-0.2, -0.15) is 0 Å². The number of nitrogens with one attached hydrogen (secondary N) is 2. The maximum atomic E-state index is 12.5. The van der Waals surface area contributed by atoms with E-state index in [0.717, 1.165) is 23.4 Å². The van der Waals surface area contributed by atoms with Crippen LogP contribution in [-0.2, 0) is 6.42 Å². The van der Waals surface area contributed by atoms with Crippen molar-refractivity contribution in [2.45, 2.75) is 20.3 Å². The van der Waals surface area contributed by atoms with Crippen LogP contribution in [0.4, 0.5) is 17.3 Å². The van der Waals surface area contributed by atoms with Crippen molar-refractivity contribution in [2.24, 2.45) is 0 Å². The third-order valence-corrected chi connectivity index (χ3v) is 3.96. The number of ether oxygens (including phenoxy) is 1. The molecular formula is C21H22N4O2. The Balaban J connectivity index is 1.71. The summed E-state index contributed by atoms with van der Waals surface area (Å²) < 4.78 is 5.40. The maximum absolute atomic E-state index is 12.5. The van der Waals surface area contributed by atoms with E-state index in [1.165, 1.54) is 0 Å². The van der Waals surface area contributed by atoms with Gasteiger partial charge in [0.05, 0.1) is 6.61 Å². The zero-order chi connectivity index (χ0) is 19.1. The Morgan fingerprint density at radius 1 is 1.04 bits per heavy atom. The smallest absolute Gasteiger partial charge is 0.274 e. The zero-order valence-corrected chi connectivity index (χ0v) is 15.4. The summed E-state index contributed by atoms with van der Waals surface area (Å²) in [6.07, 6.45) is 2.46. The van der Waals surface area contributed by atoms with Gasteiger partial charge in [-0.3, -0.25) is 4.79 Å². The highest BCUT2D eigenvalue weighted by Crippen LogP contribution is 2.19. The fraction of sp³-hybridized carbons (Fsp3) is 0.190. The van der Waals surface area contributed by atoms with Crippen molar-refractivity contribution < 1.29 is 9.53 Å². The summed E-state index contributed by atoms with van der Waals surface area (Å²) in [6.45, 7) is 4.61. The summed E-state index contributed by atoms with van der Waals surface area (Å²) in [4.78, 5) is 21.0. The molecule has 6 nitrogen and oxygen atoms in total. The second-order valence-corrected chi connectivity index (χ2v) is 5.81. The first kappa shape index (κ1) is 18.4. The van der Waals surface area contributed by atoms with Gasteiger partial charge in [-0.25, -0.2) is 9.97 Å². The molecule has 0 unspecified atom stereocenters. The fourth-order valence-electron chi connectivity index (χ4n) is 2.61. The third-order valence-electron chi connectivity index (χ3n) is 3.96. The molecule has 0 aliphatic heterocycles. The molecule has 6 heteroatoms. The lowest BCUT2D eigenvalue weighted by Crippen LogP contribution is -2.14. The molecule has 1 amide bonds. The van der Waals surface area contributed by atoms with Gasteiger partial charge in [0.15, 0.2) is 0 Å². The number of rotatable bonds is 7. The van der Waals surface area contributed by atoms with Gasteiger partial charge in [0.2, 0.25) is 5.95 Å². The monoisotopic (exact) mass is 362 g/mol. The Morgan fingerprint density at radius 3 is 2.56 bits per heavy atom. The van der Waals surface area contributed by atoms with Crippen LogP contribution in [-0.4, -0.2) is 22.5 Å². The Labute approximate surface area is 158 Å². The first-order valence-corrected chi connectivity index (χ1v) is 8.91. The summed E-state index contributed by atoms with van der Waals surface area (Å²) in [7, 11) is 0. The SMILES string of the molecule is CCOc1ccc(NC(=O)c2ccnc(Nc3ccccc3CC)n2)cc1. The van der Waals surface area contributed by atoms with E-state index in [-0.39, 0.29) is 11.6 Å². The van der Waals surface area contributed by atoms with Gasteiger partial charge >= 0.3 is 0 Å². The molecule has 3 aromatic rings. The fourth-order valence-corrected chi connectivity index (χ4v) is 2.61. The Bertz CT molecular complexity index is 910. The first-order valence-electron chi connectivity index (χ1n) is 8.91. The van der Waals surface area contributed by atoms with Crippen LogP contribution in [0.25, 0.3) is 0 Å². The average molecular weight is 362 g/mol. The normalized spacial score (nSPS) is 10.3. The Morgan fingerprint density at radius 2 is 1.81 bits per heavy atom. The van der Waals surface area contributed by atoms with E-state index >= 15 is 0 Å². The minimum Gasteiger partial charge on any atom is -0.494 e. The molecule has 27 heavy (non-hydrogen) atoms. The van der Waals surface area contributed by atoms with Gasteiger partial charge in [0, 0.05) is 17.6 Å². The number of para-hydroxylation sites is 1. The highest BCUT2D eigenvalue weighted by molar-refractivity contribution is 6.03. The van der Waals surface area contributed by atoms with Crippen molar-refractivity contribution in [2.75, 3.05) is 17.2 Å². The summed E-state index contributed by atoms with van der Waals surface area (Å²) in [5.74, 6) is 0.849. The molecule has 1 heterocycles. The second-order valence-electron chi connectivity index (χ2n) is 5.81. The van der Waals surface area contributed by atoms with Gasteiger partial charge in [-0.1, -0.05) is 25.1 Å². The molecule has 0 atom stereocenters. The number of carbonyl (C=O) groups excluding carboxylic acids is 1. The summed E-state index contributed by atoms with van der Waals surface area (Å²) >= 11 is 0. The van der Waals surface area contributed by atoms with Gasteiger partial charge in [-0.15, -0.1) is 0 Å². The Hall–Kier alpha value is -3.41. The maximum Gasteiger partial charge on any atom is 0.274 e. The minimum absolute atomic E-state index is 0.287. The largest absolute Gasteiger partial charge is 0.494 e. The van der Waals surface area contributed by atoms with Gasteiger partial charge in [0.1, 0.15) is 11.4 Å². The number of benzene rings is 2. The van der Waals surface area contributed by atoms with Crippen molar-refractivity contribution in [1.82, 2.24) is 9.97 Å². The quantitative estimate of drug-likeness (QED) is 0.650. The van der Waals surface area contributed by atoms with Crippen LogP contribution < -0.4 is 15.4 Å². The molecule has 138 valence electrons. The Kier molecular flexibility index (Phi) is 5.99. The predicted octanol–water partition coefficient (Wildman–Crippen LogP) is 4.43. The lowest BCUT2D eigenvalue weighted by atomic mass is 10.1. The van der Waals surface area contributed by atoms with Crippen LogP contribution in [0.1, 0.15) is 29.9 Å². The van der Waals surface area contributed by atoms with E-state index in [9.17, 15) is 4.79 Å². The van der Waals surface area contributed by atoms with Crippen molar-refractivity contribution in [3.63, 3.8) is 0 Å². The van der Waals surface area contributed by atoms with Crippen molar-refractivity contribution in [3.8, 4) is 5.75 Å². The molecule has 0 aliphatic rings. The van der Waals surface area contributed by atoms with Crippen LogP contribution >= 0.6 is 0 Å². The number of amides is 1. The number of aryl methyl sites for hydroxylation is 1. The van der Waals surface area contributed by atoms with E-state index in [2.05, 4.69) is 27.5 Å². The zero-order valence-electron chi connectivity index (χ0n) is 15.4. The standard InChI is InChI=1S/C21H22N4O2/c1-3-15-7-5-6-8-18(15)24-21-22-14-13-19(25-21)20(26)23-16-9-11-17(12-10-16)27-4-2/h5-14H,3-4H2,1-2H3,(H,23,26)(H,22,24,25). The average Bonchev–Trinajstić information content (AvgIpc) is 2.70. The van der Waals surface area contributed by atoms with Crippen molar-refractivity contribution >= 4 is 23.2 Å². The molecule has 1 aromatic heterocycles. The first-order chi connectivity index (χ1) is 13.2. The van der Waals surface area contributed by atoms with Gasteiger partial charge < -0.3 is 15.4 Å². The highest BCUT2D eigenvalue weighted by atomic mass is 16.5. The molecule has 2 N–H and O–H groups in total. The molecule has 2 aromatic carbocycles. The highest BCUT2D eigenvalue weighted by Gasteiger charge is 2.10. The number of carbonyl (C=O) groups is 1. The van der Waals surface area contributed by atoms with E-state index in [1.807, 2.05) is 43.3 Å². The van der Waals surface area contributed by atoms with E-state index in [4.69, 9.17) is 4.74 Å². The van der Waals surface area contributed by atoms with Gasteiger partial charge in [0.25, 0.3) is 5.91 Å². The summed E-state index contributed by atoms with van der Waals surface area (Å²) in [5.41, 5.74) is 3.05. The molecule has 0 bridgehead atoms. The molecular weight excluding hydrogens is 340 g/mol. The number of anilines is 3. The molecule has 3 rings (SSSR count). The minimum atomic E-state index is -0.298. The van der Waals surface area contributed by atoms with E-state index < -0.39 is 0 Å². The van der Waals surface area contributed by atoms with Crippen molar-refractivity contribution in [3.05, 3.63) is 72.1 Å². The summed E-state index contributed by atoms with van der Waals surface area (Å²) in [6, 6.07) is 16.7. The molecule has 0 saturated carbocycles. The topological polar surface area (TPSA) is 76.1 Å². The van der Waals surface area contributed by atoms with Crippen LogP contribution in [0.2, 0.25) is 0 Å². The molecule has 0 saturated heterocycles. The lowest BCUT2D eigenvalue weighted by molar-refractivity contribution is 0.102. The number of hydrogen-bond acceptors (Lipinski definition) is 5. The van der Waals surface area contributed by atoms with Crippen LogP contribution in [0.15, 0.2) is 60.8 Å². The lowest BCUT2D eigenvalue weighted by Gasteiger charge is -2.10. The third kappa shape index (κ3) is 4.82. The van der Waals surface area contributed by atoms with E-state index in [0.29, 0.717) is 18.2 Å². The van der Waals surface area contributed by atoms with Crippen LogP contribution in [0, 0.1) is 0 Å².